The van der Waals surface area contributed by atoms with Crippen LogP contribution in [0.2, 0.25) is 0 Å². The van der Waals surface area contributed by atoms with E-state index in [4.69, 9.17) is 4.98 Å². The fraction of sp³-hybridized carbons (Fsp3) is 0.370. The van der Waals surface area contributed by atoms with E-state index in [0.717, 1.165) is 41.5 Å². The van der Waals surface area contributed by atoms with E-state index in [9.17, 15) is 9.59 Å². The number of nitrogens with one attached hydrogen (secondary N) is 1. The molecule has 7 heteroatoms. The van der Waals surface area contributed by atoms with Gasteiger partial charge in [-0.25, -0.2) is 4.98 Å². The molecule has 178 valence electrons. The van der Waals surface area contributed by atoms with Crippen LogP contribution in [-0.2, 0) is 11.3 Å². The van der Waals surface area contributed by atoms with Crippen molar-refractivity contribution >= 4 is 23.2 Å². The normalized spacial score (nSPS) is 15.4. The molecule has 1 aliphatic heterocycles. The molecule has 0 bridgehead atoms. The number of nitrogens with zero attached hydrogens (tertiary/aromatic N) is 3. The minimum absolute atomic E-state index is 0.00314. The zero-order valence-electron chi connectivity index (χ0n) is 20.0. The van der Waals surface area contributed by atoms with Crippen LogP contribution in [0, 0.1) is 12.8 Å². The number of carbonyl (C=O) groups excluding carboxylic acids is 2. The molecule has 0 radical (unpaired) electrons. The highest BCUT2D eigenvalue weighted by atomic mass is 32.1. The molecule has 1 fully saturated rings. The van der Waals surface area contributed by atoms with Crippen molar-refractivity contribution in [3.05, 3.63) is 76.8 Å². The summed E-state index contributed by atoms with van der Waals surface area (Å²) in [6.45, 7) is 9.53. The first-order valence-corrected chi connectivity index (χ1v) is 12.7. The van der Waals surface area contributed by atoms with Crippen molar-refractivity contribution < 1.29 is 9.59 Å². The van der Waals surface area contributed by atoms with Crippen molar-refractivity contribution in [1.29, 1.82) is 0 Å². The highest BCUT2D eigenvalue weighted by Crippen LogP contribution is 2.24. The molecule has 1 aliphatic rings. The lowest BCUT2D eigenvalue weighted by atomic mass is 10.0. The first-order valence-electron chi connectivity index (χ1n) is 11.8. The second-order valence-electron chi connectivity index (χ2n) is 9.12. The van der Waals surface area contributed by atoms with Gasteiger partial charge in [-0.1, -0.05) is 62.4 Å². The smallest absolute Gasteiger partial charge is 0.252 e. The summed E-state index contributed by atoms with van der Waals surface area (Å²) in [4.78, 5) is 35.1. The standard InChI is InChI=1S/C27H32N4O2S/c1-19(2)24(29-25(32)23-12-8-7-9-20(23)3)27(33)31-15-13-30(14-16-31)17-22-18-34-26(28-22)21-10-5-4-6-11-21/h4-12,18-19,24H,13-17H2,1-3H3,(H,29,32). The SMILES string of the molecule is Cc1ccccc1C(=O)NC(C(=O)N1CCN(Cc2csc(-c3ccccc3)n2)CC1)C(C)C. The van der Waals surface area contributed by atoms with Gasteiger partial charge in [-0.15, -0.1) is 11.3 Å². The first kappa shape index (κ1) is 24.1. The van der Waals surface area contributed by atoms with Crippen molar-refractivity contribution in [2.24, 2.45) is 5.92 Å². The summed E-state index contributed by atoms with van der Waals surface area (Å²) < 4.78 is 0. The van der Waals surface area contributed by atoms with Gasteiger partial charge in [-0.05, 0) is 24.5 Å². The number of aromatic nitrogens is 1. The van der Waals surface area contributed by atoms with E-state index in [2.05, 4.69) is 27.7 Å². The number of rotatable bonds is 7. The maximum Gasteiger partial charge on any atom is 0.252 e. The predicted molar refractivity (Wildman–Crippen MR) is 137 cm³/mol. The summed E-state index contributed by atoms with van der Waals surface area (Å²) in [7, 11) is 0. The van der Waals surface area contributed by atoms with Gasteiger partial charge in [0, 0.05) is 49.2 Å². The lowest BCUT2D eigenvalue weighted by Gasteiger charge is -2.37. The summed E-state index contributed by atoms with van der Waals surface area (Å²) >= 11 is 1.67. The van der Waals surface area contributed by atoms with Crippen LogP contribution in [0.15, 0.2) is 60.0 Å². The highest BCUT2D eigenvalue weighted by molar-refractivity contribution is 7.13. The van der Waals surface area contributed by atoms with Crippen molar-refractivity contribution in [2.45, 2.75) is 33.4 Å². The van der Waals surface area contributed by atoms with Crippen LogP contribution >= 0.6 is 11.3 Å². The summed E-state index contributed by atoms with van der Waals surface area (Å²) in [6.07, 6.45) is 0. The molecule has 1 saturated heterocycles. The molecular formula is C27H32N4O2S. The molecule has 0 saturated carbocycles. The number of benzene rings is 2. The van der Waals surface area contributed by atoms with Crippen molar-refractivity contribution in [2.75, 3.05) is 26.2 Å². The Morgan fingerprint density at radius 1 is 1.00 bits per heavy atom. The first-order chi connectivity index (χ1) is 16.4. The molecule has 0 spiro atoms. The molecule has 3 aromatic rings. The van der Waals surface area contributed by atoms with Crippen LogP contribution in [-0.4, -0.2) is 58.8 Å². The van der Waals surface area contributed by atoms with Crippen LogP contribution in [0.25, 0.3) is 10.6 Å². The van der Waals surface area contributed by atoms with E-state index in [1.807, 2.05) is 62.1 Å². The summed E-state index contributed by atoms with van der Waals surface area (Å²) in [5.74, 6) is -0.192. The number of thiazole rings is 1. The minimum atomic E-state index is -0.536. The van der Waals surface area contributed by atoms with E-state index >= 15 is 0 Å². The zero-order valence-corrected chi connectivity index (χ0v) is 20.8. The molecule has 2 aromatic carbocycles. The minimum Gasteiger partial charge on any atom is -0.340 e. The van der Waals surface area contributed by atoms with Gasteiger partial charge in [-0.2, -0.15) is 0 Å². The Labute approximate surface area is 205 Å². The number of hydrogen-bond donors (Lipinski definition) is 1. The highest BCUT2D eigenvalue weighted by Gasteiger charge is 2.31. The molecule has 1 aromatic heterocycles. The van der Waals surface area contributed by atoms with E-state index in [1.165, 1.54) is 0 Å². The van der Waals surface area contributed by atoms with Gasteiger partial charge in [0.25, 0.3) is 5.91 Å². The third kappa shape index (κ3) is 5.72. The number of aryl methyl sites for hydroxylation is 1. The van der Waals surface area contributed by atoms with Gasteiger partial charge in [0.2, 0.25) is 5.91 Å². The number of carbonyl (C=O) groups is 2. The summed E-state index contributed by atoms with van der Waals surface area (Å²) in [5.41, 5.74) is 3.72. The molecule has 1 atom stereocenters. The maximum absolute atomic E-state index is 13.3. The quantitative estimate of drug-likeness (QED) is 0.555. The van der Waals surface area contributed by atoms with Crippen LogP contribution in [0.5, 0.6) is 0 Å². The van der Waals surface area contributed by atoms with Gasteiger partial charge >= 0.3 is 0 Å². The lowest BCUT2D eigenvalue weighted by Crippen LogP contribution is -2.56. The fourth-order valence-electron chi connectivity index (χ4n) is 4.21. The molecule has 2 heterocycles. The average Bonchev–Trinajstić information content (AvgIpc) is 3.31. The lowest BCUT2D eigenvalue weighted by molar-refractivity contribution is -0.136. The van der Waals surface area contributed by atoms with Gasteiger partial charge in [0.1, 0.15) is 11.0 Å². The summed E-state index contributed by atoms with van der Waals surface area (Å²) in [5, 5.41) is 6.14. The molecule has 34 heavy (non-hydrogen) atoms. The molecule has 6 nitrogen and oxygen atoms in total. The Kier molecular flexibility index (Phi) is 7.75. The molecule has 2 amide bonds. The molecule has 1 unspecified atom stereocenters. The van der Waals surface area contributed by atoms with Crippen LogP contribution in [0.3, 0.4) is 0 Å². The van der Waals surface area contributed by atoms with Crippen molar-refractivity contribution in [1.82, 2.24) is 20.1 Å². The second-order valence-corrected chi connectivity index (χ2v) is 9.98. The molecule has 0 aliphatic carbocycles. The molecule has 1 N–H and O–H groups in total. The monoisotopic (exact) mass is 476 g/mol. The Morgan fingerprint density at radius 2 is 1.68 bits per heavy atom. The van der Waals surface area contributed by atoms with Crippen molar-refractivity contribution in [3.8, 4) is 10.6 Å². The Bertz CT molecular complexity index is 1120. The number of amides is 2. The van der Waals surface area contributed by atoms with Crippen LogP contribution < -0.4 is 5.32 Å². The third-order valence-electron chi connectivity index (χ3n) is 6.25. The van der Waals surface area contributed by atoms with E-state index in [0.29, 0.717) is 18.7 Å². The fourth-order valence-corrected chi connectivity index (χ4v) is 5.02. The predicted octanol–water partition coefficient (Wildman–Crippen LogP) is 4.22. The average molecular weight is 477 g/mol. The van der Waals surface area contributed by atoms with Gasteiger partial charge in [-0.3, -0.25) is 14.5 Å². The Morgan fingerprint density at radius 3 is 2.35 bits per heavy atom. The Hall–Kier alpha value is -3.03. The van der Waals surface area contributed by atoms with Crippen LogP contribution in [0.1, 0.15) is 35.5 Å². The van der Waals surface area contributed by atoms with Crippen LogP contribution in [0.4, 0.5) is 0 Å². The van der Waals surface area contributed by atoms with E-state index in [-0.39, 0.29) is 17.7 Å². The molecular weight excluding hydrogens is 444 g/mol. The third-order valence-corrected chi connectivity index (χ3v) is 7.19. The number of hydrogen-bond acceptors (Lipinski definition) is 5. The largest absolute Gasteiger partial charge is 0.340 e. The van der Waals surface area contributed by atoms with Gasteiger partial charge in [0.15, 0.2) is 0 Å². The summed E-state index contributed by atoms with van der Waals surface area (Å²) in [6, 6.07) is 17.1. The van der Waals surface area contributed by atoms with Crippen molar-refractivity contribution in [3.63, 3.8) is 0 Å². The van der Waals surface area contributed by atoms with Gasteiger partial charge in [0.05, 0.1) is 5.69 Å². The Balaban J connectivity index is 1.32. The van der Waals surface area contributed by atoms with E-state index in [1.54, 1.807) is 17.4 Å². The topological polar surface area (TPSA) is 65.5 Å². The second kappa shape index (κ2) is 10.9. The maximum atomic E-state index is 13.3. The number of piperazine rings is 1. The van der Waals surface area contributed by atoms with Gasteiger partial charge < -0.3 is 10.2 Å². The molecule has 4 rings (SSSR count). The zero-order chi connectivity index (χ0) is 24.1. The van der Waals surface area contributed by atoms with E-state index < -0.39 is 6.04 Å².